The number of benzene rings is 2. The van der Waals surface area contributed by atoms with Crippen LogP contribution in [0.4, 0.5) is 0 Å². The Hall–Kier alpha value is -3.01. The molecule has 0 unspecified atom stereocenters. The molecule has 6 nitrogen and oxygen atoms in total. The Morgan fingerprint density at radius 3 is 2.80 bits per heavy atom. The highest BCUT2D eigenvalue weighted by Gasteiger charge is 2.23. The topological polar surface area (TPSA) is 91.2 Å². The first-order chi connectivity index (χ1) is 14.6. The number of ether oxygens (including phenoxy) is 1. The number of ketones is 1. The summed E-state index contributed by atoms with van der Waals surface area (Å²) in [5.74, 6) is -0.0261. The molecule has 1 heterocycles. The summed E-state index contributed by atoms with van der Waals surface area (Å²) in [4.78, 5) is 24.2. The standard InChI is InChI=1S/C24H25N3O3/c25-14-20(27-24(29)23-15-26-10-1-11-30-23)12-16-2-4-17(5-3-16)18-6-8-21-19(13-18)7-9-22(21)28/h2-6,8,13,20,23,26H,1,7,9-12,15H2,(H,27,29)/t20-,23-/m0/s1. The summed E-state index contributed by atoms with van der Waals surface area (Å²) in [5, 5.41) is 15.5. The lowest BCUT2D eigenvalue weighted by atomic mass is 9.98. The Morgan fingerprint density at radius 1 is 1.20 bits per heavy atom. The number of Topliss-reactive ketones (excluding diaryl/α,β-unsaturated/α-hetero) is 1. The summed E-state index contributed by atoms with van der Waals surface area (Å²) in [6.45, 7) is 1.84. The molecule has 0 aromatic heterocycles. The Morgan fingerprint density at radius 2 is 2.00 bits per heavy atom. The van der Waals surface area contributed by atoms with Crippen LogP contribution in [0.5, 0.6) is 0 Å². The van der Waals surface area contributed by atoms with Crippen molar-refractivity contribution in [3.8, 4) is 17.2 Å². The molecule has 1 fully saturated rings. The van der Waals surface area contributed by atoms with Gasteiger partial charge in [0.2, 0.25) is 0 Å². The second-order valence-electron chi connectivity index (χ2n) is 7.80. The van der Waals surface area contributed by atoms with Gasteiger partial charge in [0, 0.05) is 31.6 Å². The zero-order chi connectivity index (χ0) is 20.9. The molecule has 4 rings (SSSR count). The Kier molecular flexibility index (Phi) is 6.22. The number of fused-ring (bicyclic) bond motifs is 1. The van der Waals surface area contributed by atoms with E-state index in [9.17, 15) is 14.9 Å². The van der Waals surface area contributed by atoms with Crippen LogP contribution in [0.3, 0.4) is 0 Å². The van der Waals surface area contributed by atoms with Crippen molar-refractivity contribution in [3.05, 3.63) is 59.2 Å². The summed E-state index contributed by atoms with van der Waals surface area (Å²) >= 11 is 0. The Labute approximate surface area is 176 Å². The summed E-state index contributed by atoms with van der Waals surface area (Å²) < 4.78 is 5.56. The third kappa shape index (κ3) is 4.59. The van der Waals surface area contributed by atoms with Gasteiger partial charge in [-0.15, -0.1) is 0 Å². The zero-order valence-electron chi connectivity index (χ0n) is 16.8. The number of rotatable bonds is 5. The number of nitriles is 1. The molecule has 2 aromatic rings. The van der Waals surface area contributed by atoms with E-state index in [1.807, 2.05) is 36.4 Å². The van der Waals surface area contributed by atoms with Crippen LogP contribution in [0.25, 0.3) is 11.1 Å². The van der Waals surface area contributed by atoms with Crippen LogP contribution in [-0.4, -0.2) is 43.5 Å². The van der Waals surface area contributed by atoms with Gasteiger partial charge in [0.25, 0.3) is 5.91 Å². The maximum absolute atomic E-state index is 12.4. The Bertz CT molecular complexity index is 970. The van der Waals surface area contributed by atoms with Gasteiger partial charge < -0.3 is 15.4 Å². The second kappa shape index (κ2) is 9.21. The molecule has 1 aliphatic heterocycles. The van der Waals surface area contributed by atoms with Gasteiger partial charge in [-0.2, -0.15) is 5.26 Å². The fourth-order valence-corrected chi connectivity index (χ4v) is 3.98. The highest BCUT2D eigenvalue weighted by Crippen LogP contribution is 2.28. The van der Waals surface area contributed by atoms with Crippen LogP contribution in [0.15, 0.2) is 42.5 Å². The molecule has 6 heteroatoms. The molecular weight excluding hydrogens is 378 g/mol. The van der Waals surface area contributed by atoms with Crippen molar-refractivity contribution >= 4 is 11.7 Å². The van der Waals surface area contributed by atoms with E-state index in [0.29, 0.717) is 26.0 Å². The molecule has 30 heavy (non-hydrogen) atoms. The van der Waals surface area contributed by atoms with Crippen LogP contribution >= 0.6 is 0 Å². The lowest BCUT2D eigenvalue weighted by Crippen LogP contribution is -2.46. The van der Waals surface area contributed by atoms with Gasteiger partial charge in [-0.1, -0.05) is 42.5 Å². The molecular formula is C24H25N3O3. The van der Waals surface area contributed by atoms with E-state index < -0.39 is 12.1 Å². The van der Waals surface area contributed by atoms with Crippen molar-refractivity contribution < 1.29 is 14.3 Å². The van der Waals surface area contributed by atoms with Gasteiger partial charge in [0.1, 0.15) is 12.1 Å². The molecule has 2 atom stereocenters. The largest absolute Gasteiger partial charge is 0.367 e. The van der Waals surface area contributed by atoms with Crippen molar-refractivity contribution in [1.29, 1.82) is 5.26 Å². The zero-order valence-corrected chi connectivity index (χ0v) is 16.8. The third-order valence-corrected chi connectivity index (χ3v) is 5.67. The van der Waals surface area contributed by atoms with Gasteiger partial charge in [-0.05, 0) is 41.6 Å². The van der Waals surface area contributed by atoms with E-state index in [2.05, 4.69) is 22.8 Å². The summed E-state index contributed by atoms with van der Waals surface area (Å²) in [6, 6.07) is 15.5. The normalized spacial score (nSPS) is 19.4. The first kappa shape index (κ1) is 20.3. The second-order valence-corrected chi connectivity index (χ2v) is 7.80. The summed E-state index contributed by atoms with van der Waals surface area (Å²) in [6.07, 6.45) is 2.15. The van der Waals surface area contributed by atoms with Crippen LogP contribution < -0.4 is 10.6 Å². The van der Waals surface area contributed by atoms with E-state index in [4.69, 9.17) is 4.74 Å². The number of carbonyl (C=O) groups is 2. The molecule has 0 spiro atoms. The van der Waals surface area contributed by atoms with E-state index in [1.54, 1.807) is 0 Å². The van der Waals surface area contributed by atoms with Gasteiger partial charge >= 0.3 is 0 Å². The van der Waals surface area contributed by atoms with E-state index >= 15 is 0 Å². The van der Waals surface area contributed by atoms with Crippen molar-refractivity contribution in [2.45, 2.75) is 37.8 Å². The molecule has 1 aliphatic carbocycles. The van der Waals surface area contributed by atoms with Crippen molar-refractivity contribution in [1.82, 2.24) is 10.6 Å². The number of hydrogen-bond acceptors (Lipinski definition) is 5. The maximum atomic E-state index is 12.4. The molecule has 2 aliphatic rings. The molecule has 154 valence electrons. The lowest BCUT2D eigenvalue weighted by Gasteiger charge is -2.18. The van der Waals surface area contributed by atoms with E-state index in [-0.39, 0.29) is 11.7 Å². The Balaban J connectivity index is 1.39. The van der Waals surface area contributed by atoms with Crippen molar-refractivity contribution in [2.75, 3.05) is 19.7 Å². The number of nitrogens with one attached hydrogen (secondary N) is 2. The first-order valence-electron chi connectivity index (χ1n) is 10.4. The van der Waals surface area contributed by atoms with Gasteiger partial charge in [0.15, 0.2) is 5.78 Å². The molecule has 0 bridgehead atoms. The van der Waals surface area contributed by atoms with Crippen LogP contribution in [0, 0.1) is 11.3 Å². The van der Waals surface area contributed by atoms with Crippen molar-refractivity contribution in [3.63, 3.8) is 0 Å². The van der Waals surface area contributed by atoms with Gasteiger partial charge in [-0.25, -0.2) is 0 Å². The lowest BCUT2D eigenvalue weighted by molar-refractivity contribution is -0.132. The molecule has 0 saturated carbocycles. The number of aryl methyl sites for hydroxylation is 1. The number of hydrogen-bond donors (Lipinski definition) is 2. The molecule has 1 saturated heterocycles. The van der Waals surface area contributed by atoms with Crippen LogP contribution in [0.2, 0.25) is 0 Å². The van der Waals surface area contributed by atoms with Gasteiger partial charge in [-0.3, -0.25) is 9.59 Å². The van der Waals surface area contributed by atoms with Crippen molar-refractivity contribution in [2.24, 2.45) is 0 Å². The minimum atomic E-state index is -0.610. The van der Waals surface area contributed by atoms with Crippen LogP contribution in [-0.2, 0) is 22.4 Å². The minimum Gasteiger partial charge on any atom is -0.367 e. The average molecular weight is 403 g/mol. The molecule has 0 radical (unpaired) electrons. The summed E-state index contributed by atoms with van der Waals surface area (Å²) in [7, 11) is 0. The van der Waals surface area contributed by atoms with Gasteiger partial charge in [0.05, 0.1) is 6.07 Å². The first-order valence-corrected chi connectivity index (χ1v) is 10.4. The fourth-order valence-electron chi connectivity index (χ4n) is 3.98. The van der Waals surface area contributed by atoms with E-state index in [1.165, 1.54) is 0 Å². The minimum absolute atomic E-state index is 0.224. The monoisotopic (exact) mass is 403 g/mol. The van der Waals surface area contributed by atoms with Crippen LogP contribution in [0.1, 0.15) is 34.3 Å². The molecule has 2 N–H and O–H groups in total. The number of carbonyl (C=O) groups excluding carboxylic acids is 2. The molecule has 1 amide bonds. The predicted molar refractivity (Wildman–Crippen MR) is 113 cm³/mol. The fraction of sp³-hybridized carbons (Fsp3) is 0.375. The highest BCUT2D eigenvalue weighted by molar-refractivity contribution is 6.00. The third-order valence-electron chi connectivity index (χ3n) is 5.67. The quantitative estimate of drug-likeness (QED) is 0.800. The maximum Gasteiger partial charge on any atom is 0.251 e. The average Bonchev–Trinajstić information content (AvgIpc) is 2.96. The SMILES string of the molecule is N#C[C@H](Cc1ccc(-c2ccc3c(c2)CCC3=O)cc1)NC(=O)[C@@H]1CNCCCO1. The van der Waals surface area contributed by atoms with E-state index in [0.717, 1.165) is 47.2 Å². The smallest absolute Gasteiger partial charge is 0.251 e. The molecule has 2 aromatic carbocycles. The number of amides is 1. The predicted octanol–water partition coefficient (Wildman–Crippen LogP) is 2.41. The summed E-state index contributed by atoms with van der Waals surface area (Å²) in [5.41, 5.74) is 5.08. The number of nitrogens with zero attached hydrogens (tertiary/aromatic N) is 1. The highest BCUT2D eigenvalue weighted by atomic mass is 16.5.